The SMILES string of the molecule is CC(C)(C)OC(=O)N1CCc2cc(CN=O)ccc2C1. The van der Waals surface area contributed by atoms with Crippen molar-refractivity contribution < 1.29 is 9.53 Å². The first-order chi connectivity index (χ1) is 9.39. The standard InChI is InChI=1S/C15H20N2O3/c1-15(2,3)20-14(18)17-7-6-12-8-11(9-16-19)4-5-13(12)10-17/h4-5,8H,6-7,9-10H2,1-3H3. The zero-order chi connectivity index (χ0) is 14.8. The summed E-state index contributed by atoms with van der Waals surface area (Å²) >= 11 is 0. The van der Waals surface area contributed by atoms with Crippen LogP contribution in [0.15, 0.2) is 23.4 Å². The molecule has 0 N–H and O–H groups in total. The highest BCUT2D eigenvalue weighted by Gasteiger charge is 2.25. The van der Waals surface area contributed by atoms with Crippen LogP contribution in [0.25, 0.3) is 0 Å². The molecule has 1 aromatic carbocycles. The molecule has 108 valence electrons. The predicted octanol–water partition coefficient (Wildman–Crippen LogP) is 3.25. The van der Waals surface area contributed by atoms with Gasteiger partial charge in [0.15, 0.2) is 0 Å². The minimum absolute atomic E-state index is 0.197. The predicted molar refractivity (Wildman–Crippen MR) is 76.3 cm³/mol. The Hall–Kier alpha value is -1.91. The van der Waals surface area contributed by atoms with Crippen molar-refractivity contribution in [2.75, 3.05) is 6.54 Å². The van der Waals surface area contributed by atoms with Crippen LogP contribution >= 0.6 is 0 Å². The molecule has 1 aliphatic heterocycles. The van der Waals surface area contributed by atoms with Gasteiger partial charge in [-0.25, -0.2) is 4.79 Å². The third kappa shape index (κ3) is 3.56. The van der Waals surface area contributed by atoms with E-state index >= 15 is 0 Å². The van der Waals surface area contributed by atoms with E-state index in [2.05, 4.69) is 5.18 Å². The van der Waals surface area contributed by atoms with Crippen LogP contribution in [0.3, 0.4) is 0 Å². The molecule has 0 saturated heterocycles. The third-order valence-electron chi connectivity index (χ3n) is 3.18. The monoisotopic (exact) mass is 276 g/mol. The number of rotatable bonds is 2. The Kier molecular flexibility index (Phi) is 4.06. The fourth-order valence-electron chi connectivity index (χ4n) is 2.26. The Balaban J connectivity index is 2.07. The van der Waals surface area contributed by atoms with Gasteiger partial charge in [-0.2, -0.15) is 4.91 Å². The minimum Gasteiger partial charge on any atom is -0.444 e. The molecular formula is C15H20N2O3. The van der Waals surface area contributed by atoms with Gasteiger partial charge in [-0.3, -0.25) is 0 Å². The number of hydrogen-bond donors (Lipinski definition) is 0. The van der Waals surface area contributed by atoms with Crippen molar-refractivity contribution in [2.24, 2.45) is 5.18 Å². The van der Waals surface area contributed by atoms with Crippen LogP contribution in [0.5, 0.6) is 0 Å². The average Bonchev–Trinajstić information content (AvgIpc) is 2.36. The van der Waals surface area contributed by atoms with Gasteiger partial charge < -0.3 is 9.64 Å². The summed E-state index contributed by atoms with van der Waals surface area (Å²) < 4.78 is 5.39. The van der Waals surface area contributed by atoms with Crippen molar-refractivity contribution in [1.82, 2.24) is 4.90 Å². The molecule has 0 saturated carbocycles. The van der Waals surface area contributed by atoms with Crippen LogP contribution in [0, 0.1) is 4.91 Å². The van der Waals surface area contributed by atoms with Crippen molar-refractivity contribution in [2.45, 2.75) is 45.9 Å². The normalized spacial score (nSPS) is 14.7. The van der Waals surface area contributed by atoms with E-state index in [-0.39, 0.29) is 12.6 Å². The Morgan fingerprint density at radius 3 is 2.75 bits per heavy atom. The fourth-order valence-corrected chi connectivity index (χ4v) is 2.26. The van der Waals surface area contributed by atoms with Gasteiger partial charge in [0.1, 0.15) is 12.1 Å². The largest absolute Gasteiger partial charge is 0.444 e. The van der Waals surface area contributed by atoms with Crippen molar-refractivity contribution in [1.29, 1.82) is 0 Å². The highest BCUT2D eigenvalue weighted by Crippen LogP contribution is 2.22. The maximum atomic E-state index is 12.0. The first-order valence-electron chi connectivity index (χ1n) is 6.77. The van der Waals surface area contributed by atoms with Crippen LogP contribution in [0.1, 0.15) is 37.5 Å². The summed E-state index contributed by atoms with van der Waals surface area (Å²) in [6, 6.07) is 5.86. The van der Waals surface area contributed by atoms with Crippen LogP contribution < -0.4 is 0 Å². The van der Waals surface area contributed by atoms with E-state index in [4.69, 9.17) is 4.74 Å². The van der Waals surface area contributed by atoms with Gasteiger partial charge in [-0.15, -0.1) is 0 Å². The first-order valence-corrected chi connectivity index (χ1v) is 6.77. The number of amides is 1. The van der Waals surface area contributed by atoms with Crippen molar-refractivity contribution >= 4 is 6.09 Å². The van der Waals surface area contributed by atoms with E-state index in [1.807, 2.05) is 39.0 Å². The number of ether oxygens (including phenoxy) is 1. The summed E-state index contributed by atoms with van der Waals surface area (Å²) in [6.45, 7) is 6.98. The first kappa shape index (κ1) is 14.5. The van der Waals surface area contributed by atoms with E-state index in [0.717, 1.165) is 17.5 Å². The van der Waals surface area contributed by atoms with Crippen molar-refractivity contribution in [3.63, 3.8) is 0 Å². The second-order valence-corrected chi connectivity index (χ2v) is 6.04. The topological polar surface area (TPSA) is 59.0 Å². The van der Waals surface area contributed by atoms with Crippen LogP contribution in [0.2, 0.25) is 0 Å². The number of carbonyl (C=O) groups excluding carboxylic acids is 1. The number of carbonyl (C=O) groups is 1. The molecule has 5 heteroatoms. The molecule has 5 nitrogen and oxygen atoms in total. The van der Waals surface area contributed by atoms with Gasteiger partial charge in [-0.05, 0) is 43.9 Å². The zero-order valence-corrected chi connectivity index (χ0v) is 12.2. The lowest BCUT2D eigenvalue weighted by Crippen LogP contribution is -2.39. The number of benzene rings is 1. The molecule has 0 fully saturated rings. The molecule has 1 amide bonds. The molecule has 1 aliphatic rings. The molecule has 20 heavy (non-hydrogen) atoms. The summed E-state index contributed by atoms with van der Waals surface area (Å²) in [5, 5.41) is 2.90. The van der Waals surface area contributed by atoms with E-state index in [1.165, 1.54) is 5.56 Å². The summed E-state index contributed by atoms with van der Waals surface area (Å²) in [6.07, 6.45) is 0.503. The number of hydrogen-bond acceptors (Lipinski definition) is 4. The molecule has 0 bridgehead atoms. The van der Waals surface area contributed by atoms with E-state index in [0.29, 0.717) is 13.1 Å². The summed E-state index contributed by atoms with van der Waals surface area (Å²) in [7, 11) is 0. The second-order valence-electron chi connectivity index (χ2n) is 6.04. The molecule has 0 aliphatic carbocycles. The van der Waals surface area contributed by atoms with E-state index < -0.39 is 5.60 Å². The fraction of sp³-hybridized carbons (Fsp3) is 0.533. The highest BCUT2D eigenvalue weighted by molar-refractivity contribution is 5.68. The summed E-state index contributed by atoms with van der Waals surface area (Å²) in [5.41, 5.74) is 2.74. The van der Waals surface area contributed by atoms with Crippen molar-refractivity contribution in [3.05, 3.63) is 39.8 Å². The average molecular weight is 276 g/mol. The molecule has 0 spiro atoms. The van der Waals surface area contributed by atoms with Gasteiger partial charge >= 0.3 is 6.09 Å². The van der Waals surface area contributed by atoms with E-state index in [9.17, 15) is 9.70 Å². The Bertz CT molecular complexity index is 520. The number of nitroso groups, excluding NO2 is 1. The Labute approximate surface area is 118 Å². The van der Waals surface area contributed by atoms with Gasteiger partial charge in [-0.1, -0.05) is 23.4 Å². The lowest BCUT2D eigenvalue weighted by atomic mass is 9.97. The molecule has 1 heterocycles. The lowest BCUT2D eigenvalue weighted by Gasteiger charge is -2.31. The lowest BCUT2D eigenvalue weighted by molar-refractivity contribution is 0.0224. The second kappa shape index (κ2) is 5.61. The zero-order valence-electron chi connectivity index (χ0n) is 12.2. The molecular weight excluding hydrogens is 256 g/mol. The van der Waals surface area contributed by atoms with Gasteiger partial charge in [0.2, 0.25) is 0 Å². The Morgan fingerprint density at radius 2 is 2.10 bits per heavy atom. The Morgan fingerprint density at radius 1 is 1.35 bits per heavy atom. The van der Waals surface area contributed by atoms with Gasteiger partial charge in [0.25, 0.3) is 0 Å². The van der Waals surface area contributed by atoms with Crippen LogP contribution in [-0.4, -0.2) is 23.1 Å². The molecule has 0 atom stereocenters. The van der Waals surface area contributed by atoms with Crippen molar-refractivity contribution in [3.8, 4) is 0 Å². The van der Waals surface area contributed by atoms with Gasteiger partial charge in [0, 0.05) is 13.1 Å². The highest BCUT2D eigenvalue weighted by atomic mass is 16.6. The number of fused-ring (bicyclic) bond motifs is 1. The molecule has 1 aromatic rings. The molecule has 0 aromatic heterocycles. The van der Waals surface area contributed by atoms with Gasteiger partial charge in [0.05, 0.1) is 0 Å². The maximum absolute atomic E-state index is 12.0. The quantitative estimate of drug-likeness (QED) is 0.779. The van der Waals surface area contributed by atoms with Crippen LogP contribution in [0.4, 0.5) is 4.79 Å². The molecule has 0 radical (unpaired) electrons. The third-order valence-corrected chi connectivity index (χ3v) is 3.18. The molecule has 2 rings (SSSR count). The summed E-state index contributed by atoms with van der Waals surface area (Å²) in [5.74, 6) is 0. The van der Waals surface area contributed by atoms with E-state index in [1.54, 1.807) is 4.90 Å². The minimum atomic E-state index is -0.475. The smallest absolute Gasteiger partial charge is 0.410 e. The molecule has 0 unspecified atom stereocenters. The maximum Gasteiger partial charge on any atom is 0.410 e. The number of nitrogens with zero attached hydrogens (tertiary/aromatic N) is 2. The van der Waals surface area contributed by atoms with Crippen LogP contribution in [-0.2, 0) is 24.2 Å². The summed E-state index contributed by atoms with van der Waals surface area (Å²) in [4.78, 5) is 24.1.